The number of imide groups is 1. The molecule has 1 aliphatic rings. The molecule has 0 aliphatic carbocycles. The summed E-state index contributed by atoms with van der Waals surface area (Å²) in [7, 11) is 0. The van der Waals surface area contributed by atoms with Gasteiger partial charge in [0.25, 0.3) is 5.91 Å². The van der Waals surface area contributed by atoms with Crippen molar-refractivity contribution in [2.24, 2.45) is 0 Å². The summed E-state index contributed by atoms with van der Waals surface area (Å²) in [6.07, 6.45) is 1.59. The Morgan fingerprint density at radius 2 is 1.54 bits per heavy atom. The molecule has 3 amide bonds. The lowest BCUT2D eigenvalue weighted by molar-refractivity contribution is -0.123. The number of carbonyl (C=O) groups is 2. The van der Waals surface area contributed by atoms with Crippen molar-refractivity contribution in [1.29, 1.82) is 0 Å². The van der Waals surface area contributed by atoms with Crippen molar-refractivity contribution >= 4 is 29.6 Å². The molecule has 6 nitrogen and oxygen atoms in total. The Morgan fingerprint density at radius 3 is 2.17 bits per heavy atom. The third-order valence-corrected chi connectivity index (χ3v) is 5.85. The molecule has 1 heterocycles. The van der Waals surface area contributed by atoms with Crippen molar-refractivity contribution in [3.8, 4) is 11.5 Å². The van der Waals surface area contributed by atoms with Crippen LogP contribution in [0, 0.1) is 13.8 Å². The number of nitrogens with zero attached hydrogens (tertiary/aromatic N) is 1. The molecule has 1 saturated heterocycles. The van der Waals surface area contributed by atoms with E-state index < -0.39 is 11.9 Å². The Bertz CT molecular complexity index is 1270. The summed E-state index contributed by atoms with van der Waals surface area (Å²) >= 11 is 6.54. The molecular weight excluding hydrogens is 464 g/mol. The average Bonchev–Trinajstić information content (AvgIpc) is 3.08. The van der Waals surface area contributed by atoms with Crippen LogP contribution in [0.3, 0.4) is 0 Å². The van der Waals surface area contributed by atoms with E-state index in [1.54, 1.807) is 18.2 Å². The van der Waals surface area contributed by atoms with Gasteiger partial charge in [0.2, 0.25) is 0 Å². The molecule has 1 N–H and O–H groups in total. The van der Waals surface area contributed by atoms with Gasteiger partial charge in [0.15, 0.2) is 11.5 Å². The number of hydrogen-bond acceptors (Lipinski definition) is 4. The van der Waals surface area contributed by atoms with Gasteiger partial charge in [0.05, 0.1) is 18.2 Å². The first-order valence-corrected chi connectivity index (χ1v) is 11.8. The van der Waals surface area contributed by atoms with Crippen molar-refractivity contribution in [3.05, 3.63) is 99.2 Å². The van der Waals surface area contributed by atoms with Gasteiger partial charge in [-0.15, -0.1) is 0 Å². The van der Waals surface area contributed by atoms with Gasteiger partial charge in [0, 0.05) is 0 Å². The summed E-state index contributed by atoms with van der Waals surface area (Å²) in [5, 5.41) is 3.00. The van der Waals surface area contributed by atoms with Crippen LogP contribution in [0.25, 0.3) is 6.08 Å². The van der Waals surface area contributed by atoms with Crippen molar-refractivity contribution < 1.29 is 19.1 Å². The molecule has 0 saturated carbocycles. The zero-order valence-corrected chi connectivity index (χ0v) is 20.7. The highest BCUT2D eigenvalue weighted by Gasteiger charge is 2.33. The standard InChI is InChI=1S/C28H27ClN2O4/c1-4-34-25-15-22(13-23(29)26(25)35-17-21-11-7-19(3)8-12-21)14-24-27(32)31(28(33)30-24)16-20-9-5-18(2)6-10-20/h5-15H,4,16-17H2,1-3H3,(H,30,33)/b24-14+. The maximum absolute atomic E-state index is 12.9. The maximum atomic E-state index is 12.9. The van der Waals surface area contributed by atoms with Crippen LogP contribution in [0.2, 0.25) is 5.02 Å². The molecule has 0 spiro atoms. The number of carbonyl (C=O) groups excluding carboxylic acids is 2. The second-order valence-electron chi connectivity index (χ2n) is 8.40. The molecule has 0 unspecified atom stereocenters. The summed E-state index contributed by atoms with van der Waals surface area (Å²) in [4.78, 5) is 26.6. The van der Waals surface area contributed by atoms with Gasteiger partial charge in [-0.25, -0.2) is 4.79 Å². The van der Waals surface area contributed by atoms with E-state index in [0.29, 0.717) is 35.3 Å². The fourth-order valence-electron chi connectivity index (χ4n) is 3.67. The second-order valence-corrected chi connectivity index (χ2v) is 8.81. The quantitative estimate of drug-likeness (QED) is 0.309. The van der Waals surface area contributed by atoms with E-state index in [4.69, 9.17) is 21.1 Å². The van der Waals surface area contributed by atoms with Gasteiger partial charge in [-0.3, -0.25) is 9.69 Å². The zero-order valence-electron chi connectivity index (χ0n) is 19.9. The van der Waals surface area contributed by atoms with Gasteiger partial charge < -0.3 is 14.8 Å². The van der Waals surface area contributed by atoms with Gasteiger partial charge in [-0.1, -0.05) is 71.3 Å². The van der Waals surface area contributed by atoms with Crippen molar-refractivity contribution in [2.45, 2.75) is 33.9 Å². The Balaban J connectivity index is 1.54. The summed E-state index contributed by atoms with van der Waals surface area (Å²) in [6, 6.07) is 18.7. The number of halogens is 1. The van der Waals surface area contributed by atoms with Crippen molar-refractivity contribution in [2.75, 3.05) is 6.61 Å². The molecule has 0 aromatic heterocycles. The fourth-order valence-corrected chi connectivity index (χ4v) is 3.95. The van der Waals surface area contributed by atoms with E-state index in [2.05, 4.69) is 5.32 Å². The Hall–Kier alpha value is -3.77. The number of amides is 3. The van der Waals surface area contributed by atoms with Gasteiger partial charge in [-0.05, 0) is 55.7 Å². The average molecular weight is 491 g/mol. The van der Waals surface area contributed by atoms with Crippen LogP contribution in [0.5, 0.6) is 11.5 Å². The Kier molecular flexibility index (Phi) is 7.42. The predicted molar refractivity (Wildman–Crippen MR) is 136 cm³/mol. The van der Waals surface area contributed by atoms with Crippen LogP contribution in [0.1, 0.15) is 34.7 Å². The first-order chi connectivity index (χ1) is 16.8. The SMILES string of the molecule is CCOc1cc(/C=C2/NC(=O)N(Cc3ccc(C)cc3)C2=O)cc(Cl)c1OCc1ccc(C)cc1. The van der Waals surface area contributed by atoms with Gasteiger partial charge >= 0.3 is 6.03 Å². The van der Waals surface area contributed by atoms with E-state index in [0.717, 1.165) is 16.7 Å². The highest BCUT2D eigenvalue weighted by molar-refractivity contribution is 6.32. The predicted octanol–water partition coefficient (Wildman–Crippen LogP) is 6.03. The second kappa shape index (κ2) is 10.7. The van der Waals surface area contributed by atoms with Crippen LogP contribution in [-0.4, -0.2) is 23.4 Å². The fraction of sp³-hybridized carbons (Fsp3) is 0.214. The highest BCUT2D eigenvalue weighted by Crippen LogP contribution is 2.38. The lowest BCUT2D eigenvalue weighted by atomic mass is 10.1. The molecule has 3 aromatic rings. The molecule has 0 bridgehead atoms. The van der Waals surface area contributed by atoms with E-state index in [-0.39, 0.29) is 12.2 Å². The summed E-state index contributed by atoms with van der Waals surface area (Å²) in [6.45, 7) is 6.83. The number of urea groups is 1. The lowest BCUT2D eigenvalue weighted by Gasteiger charge is -2.15. The van der Waals surface area contributed by atoms with Gasteiger partial charge in [0.1, 0.15) is 12.3 Å². The number of rotatable bonds is 8. The smallest absolute Gasteiger partial charge is 0.329 e. The molecule has 7 heteroatoms. The zero-order chi connectivity index (χ0) is 24.9. The number of ether oxygens (including phenoxy) is 2. The molecular formula is C28H27ClN2O4. The topological polar surface area (TPSA) is 67.9 Å². The van der Waals surface area contributed by atoms with Crippen LogP contribution in [0.15, 0.2) is 66.4 Å². The third-order valence-electron chi connectivity index (χ3n) is 5.57. The van der Waals surface area contributed by atoms with Crippen LogP contribution < -0.4 is 14.8 Å². The van der Waals surface area contributed by atoms with Crippen LogP contribution in [-0.2, 0) is 17.9 Å². The minimum absolute atomic E-state index is 0.175. The maximum Gasteiger partial charge on any atom is 0.329 e. The summed E-state index contributed by atoms with van der Waals surface area (Å²) in [5.41, 5.74) is 4.95. The highest BCUT2D eigenvalue weighted by atomic mass is 35.5. The van der Waals surface area contributed by atoms with E-state index >= 15 is 0 Å². The number of nitrogens with one attached hydrogen (secondary N) is 1. The first-order valence-electron chi connectivity index (χ1n) is 11.4. The van der Waals surface area contributed by atoms with Gasteiger partial charge in [-0.2, -0.15) is 0 Å². The molecule has 0 atom stereocenters. The Labute approximate surface area is 210 Å². The minimum atomic E-state index is -0.462. The summed E-state index contributed by atoms with van der Waals surface area (Å²) < 4.78 is 11.7. The monoisotopic (exact) mass is 490 g/mol. The summed E-state index contributed by atoms with van der Waals surface area (Å²) in [5.74, 6) is 0.496. The normalized spacial score (nSPS) is 14.4. The minimum Gasteiger partial charge on any atom is -0.490 e. The molecule has 0 radical (unpaired) electrons. The van der Waals surface area contributed by atoms with E-state index in [1.807, 2.05) is 69.3 Å². The largest absolute Gasteiger partial charge is 0.490 e. The van der Waals surface area contributed by atoms with Crippen molar-refractivity contribution in [1.82, 2.24) is 10.2 Å². The molecule has 1 fully saturated rings. The van der Waals surface area contributed by atoms with E-state index in [1.165, 1.54) is 10.5 Å². The molecule has 180 valence electrons. The lowest BCUT2D eigenvalue weighted by Crippen LogP contribution is -2.30. The van der Waals surface area contributed by atoms with Crippen LogP contribution >= 0.6 is 11.6 Å². The van der Waals surface area contributed by atoms with Crippen LogP contribution in [0.4, 0.5) is 4.79 Å². The molecule has 35 heavy (non-hydrogen) atoms. The third kappa shape index (κ3) is 5.84. The number of benzene rings is 3. The van der Waals surface area contributed by atoms with E-state index in [9.17, 15) is 9.59 Å². The number of aryl methyl sites for hydroxylation is 2. The Morgan fingerprint density at radius 1 is 0.914 bits per heavy atom. The molecule has 4 rings (SSSR count). The first kappa shape index (κ1) is 24.4. The number of hydrogen-bond donors (Lipinski definition) is 1. The molecule has 1 aliphatic heterocycles. The van der Waals surface area contributed by atoms with Crippen molar-refractivity contribution in [3.63, 3.8) is 0 Å². The molecule has 3 aromatic carbocycles.